The highest BCUT2D eigenvalue weighted by Crippen LogP contribution is 2.37. The number of anilines is 2. The van der Waals surface area contributed by atoms with E-state index in [2.05, 4.69) is 16.6 Å². The summed E-state index contributed by atoms with van der Waals surface area (Å²) >= 11 is 0. The normalized spacial score (nSPS) is 11.0. The number of aromatic hydroxyl groups is 1. The molecular formula is C43H43N3O9. The van der Waals surface area contributed by atoms with Crippen LogP contribution in [0.5, 0.6) is 23.0 Å². The number of aryl methyl sites for hydroxylation is 1. The van der Waals surface area contributed by atoms with E-state index >= 15 is 0 Å². The van der Waals surface area contributed by atoms with Crippen molar-refractivity contribution in [2.75, 3.05) is 58.6 Å². The molecule has 1 aromatic heterocycles. The molecule has 12 nitrogen and oxygen atoms in total. The number of methoxy groups -OCH3 is 1. The molecule has 0 saturated carbocycles. The maximum atomic E-state index is 12.4. The van der Waals surface area contributed by atoms with E-state index in [0.29, 0.717) is 74.2 Å². The number of fused-ring (bicyclic) bond motifs is 2. The zero-order chi connectivity index (χ0) is 38.6. The number of terminal acetylenes is 1. The van der Waals surface area contributed by atoms with Gasteiger partial charge in [-0.2, -0.15) is 0 Å². The van der Waals surface area contributed by atoms with E-state index in [9.17, 15) is 14.7 Å². The number of rotatable bonds is 19. The number of nitrogens with one attached hydrogen (secondary N) is 2. The van der Waals surface area contributed by atoms with Gasteiger partial charge in [-0.15, -0.1) is 6.42 Å². The number of carbonyl (C=O) groups is 1. The van der Waals surface area contributed by atoms with Crippen molar-refractivity contribution in [2.24, 2.45) is 0 Å². The van der Waals surface area contributed by atoms with Gasteiger partial charge in [0.15, 0.2) is 35.2 Å². The standard InChI is InChI=1S/C43H43N3O9/c1-4-30-8-5-10-33(23-30)45-35-11-6-9-32-25-40(41(26-34(32)35)52-20-18-50-3)53-21-19-51-17-7-16-44-42(48)28-54-39-15-13-31(24-37(39)47)27-46-36-22-29(2)12-14-38(36)55-43(46)49/h1,5-6,8-15,22-26,45,47H,7,16-21,27-28H2,2-3H3,(H,44,48). The number of hydrogen-bond donors (Lipinski definition) is 3. The van der Waals surface area contributed by atoms with Gasteiger partial charge in [-0.3, -0.25) is 9.36 Å². The molecule has 0 radical (unpaired) electrons. The van der Waals surface area contributed by atoms with Crippen LogP contribution in [0.25, 0.3) is 21.9 Å². The molecule has 284 valence electrons. The second-order valence-electron chi connectivity index (χ2n) is 12.7. The molecule has 0 saturated heterocycles. The van der Waals surface area contributed by atoms with Gasteiger partial charge in [-0.1, -0.05) is 36.3 Å². The second-order valence-corrected chi connectivity index (χ2v) is 12.7. The van der Waals surface area contributed by atoms with Crippen LogP contribution in [0.4, 0.5) is 11.4 Å². The predicted octanol–water partition coefficient (Wildman–Crippen LogP) is 6.54. The van der Waals surface area contributed by atoms with Gasteiger partial charge in [0.1, 0.15) is 13.2 Å². The first-order chi connectivity index (χ1) is 26.8. The molecule has 0 bridgehead atoms. The first kappa shape index (κ1) is 38.3. The van der Waals surface area contributed by atoms with Gasteiger partial charge in [-0.25, -0.2) is 4.79 Å². The van der Waals surface area contributed by atoms with E-state index < -0.39 is 5.76 Å². The number of phenolic OH excluding ortho intramolecular Hbond substituents is 1. The van der Waals surface area contributed by atoms with Crippen molar-refractivity contribution in [3.63, 3.8) is 0 Å². The average molecular weight is 746 g/mol. The Bertz CT molecular complexity index is 2360. The van der Waals surface area contributed by atoms with Crippen LogP contribution in [0.15, 0.2) is 100 Å². The fourth-order valence-electron chi connectivity index (χ4n) is 5.89. The summed E-state index contributed by atoms with van der Waals surface area (Å²) < 4.78 is 35.4. The maximum Gasteiger partial charge on any atom is 0.420 e. The molecule has 6 rings (SSSR count). The van der Waals surface area contributed by atoms with Gasteiger partial charge in [0.05, 0.1) is 25.3 Å². The Balaban J connectivity index is 0.926. The van der Waals surface area contributed by atoms with Crippen molar-refractivity contribution >= 4 is 39.2 Å². The van der Waals surface area contributed by atoms with E-state index in [1.165, 1.54) is 10.6 Å². The molecule has 12 heteroatoms. The predicted molar refractivity (Wildman–Crippen MR) is 211 cm³/mol. The Kier molecular flexibility index (Phi) is 12.9. The third-order valence-corrected chi connectivity index (χ3v) is 8.62. The lowest BCUT2D eigenvalue weighted by Crippen LogP contribution is -2.30. The summed E-state index contributed by atoms with van der Waals surface area (Å²) in [5.41, 5.74) is 5.40. The Morgan fingerprint density at radius 3 is 2.51 bits per heavy atom. The molecule has 0 aliphatic heterocycles. The highest BCUT2D eigenvalue weighted by molar-refractivity contribution is 5.97. The van der Waals surface area contributed by atoms with Gasteiger partial charge in [-0.05, 0) is 90.5 Å². The molecule has 0 atom stereocenters. The van der Waals surface area contributed by atoms with Crippen LogP contribution in [0.3, 0.4) is 0 Å². The number of nitrogens with zero attached hydrogens (tertiary/aromatic N) is 1. The van der Waals surface area contributed by atoms with E-state index in [4.69, 9.17) is 34.5 Å². The molecule has 5 aromatic carbocycles. The number of oxazole rings is 1. The Labute approximate surface area is 318 Å². The van der Waals surface area contributed by atoms with Crippen LogP contribution in [-0.2, 0) is 20.8 Å². The third kappa shape index (κ3) is 10.2. The minimum atomic E-state index is -0.483. The van der Waals surface area contributed by atoms with Crippen molar-refractivity contribution in [3.05, 3.63) is 118 Å². The molecule has 6 aromatic rings. The Hall–Kier alpha value is -6.42. The largest absolute Gasteiger partial charge is 0.504 e. The van der Waals surface area contributed by atoms with Gasteiger partial charge in [0, 0.05) is 42.6 Å². The smallest absolute Gasteiger partial charge is 0.420 e. The van der Waals surface area contributed by atoms with Gasteiger partial charge in [0.25, 0.3) is 5.91 Å². The van der Waals surface area contributed by atoms with Crippen LogP contribution >= 0.6 is 0 Å². The summed E-state index contributed by atoms with van der Waals surface area (Å²) in [6.45, 7) is 4.06. The Morgan fingerprint density at radius 2 is 1.69 bits per heavy atom. The SMILES string of the molecule is C#Cc1cccc(Nc2cccc3cc(OCCOCCCNC(=O)COc4ccc(Cn5c(=O)oc6ccc(C)cc65)cc4O)c(OCCOC)cc23)c1. The zero-order valence-corrected chi connectivity index (χ0v) is 30.8. The lowest BCUT2D eigenvalue weighted by molar-refractivity contribution is -0.123. The van der Waals surface area contributed by atoms with Crippen molar-refractivity contribution in [3.8, 4) is 35.3 Å². The quantitative estimate of drug-likeness (QED) is 0.0618. The lowest BCUT2D eigenvalue weighted by atomic mass is 10.1. The van der Waals surface area contributed by atoms with Crippen molar-refractivity contribution in [1.29, 1.82) is 0 Å². The summed E-state index contributed by atoms with van der Waals surface area (Å²) in [6, 6.07) is 27.8. The highest BCUT2D eigenvalue weighted by atomic mass is 16.6. The number of hydrogen-bond acceptors (Lipinski definition) is 10. The molecule has 0 aliphatic carbocycles. The van der Waals surface area contributed by atoms with Crippen LogP contribution in [0, 0.1) is 19.3 Å². The number of amides is 1. The zero-order valence-electron chi connectivity index (χ0n) is 30.8. The van der Waals surface area contributed by atoms with Gasteiger partial charge < -0.3 is 43.8 Å². The van der Waals surface area contributed by atoms with E-state index in [1.807, 2.05) is 73.7 Å². The van der Waals surface area contributed by atoms with Crippen molar-refractivity contribution < 1.29 is 38.0 Å². The molecule has 0 spiro atoms. The third-order valence-electron chi connectivity index (χ3n) is 8.62. The topological polar surface area (TPSA) is 143 Å². The van der Waals surface area contributed by atoms with E-state index in [-0.39, 0.29) is 30.6 Å². The van der Waals surface area contributed by atoms with Crippen LogP contribution in [0.1, 0.15) is 23.1 Å². The number of phenols is 1. The van der Waals surface area contributed by atoms with Gasteiger partial charge >= 0.3 is 5.76 Å². The summed E-state index contributed by atoms with van der Waals surface area (Å²) in [7, 11) is 1.62. The van der Waals surface area contributed by atoms with Crippen molar-refractivity contribution in [2.45, 2.75) is 19.9 Å². The van der Waals surface area contributed by atoms with Crippen LogP contribution in [0.2, 0.25) is 0 Å². The number of benzene rings is 5. The minimum Gasteiger partial charge on any atom is -0.504 e. The summed E-state index contributed by atoms with van der Waals surface area (Å²) in [6.07, 6.45) is 6.17. The molecular weight excluding hydrogens is 702 g/mol. The summed E-state index contributed by atoms with van der Waals surface area (Å²) in [5, 5.41) is 18.7. The first-order valence-corrected chi connectivity index (χ1v) is 17.9. The molecule has 0 fully saturated rings. The van der Waals surface area contributed by atoms with Crippen molar-refractivity contribution in [1.82, 2.24) is 9.88 Å². The molecule has 3 N–H and O–H groups in total. The average Bonchev–Trinajstić information content (AvgIpc) is 3.49. The molecule has 1 heterocycles. The fraction of sp³-hybridized carbons (Fsp3) is 0.256. The molecule has 0 aliphatic rings. The summed E-state index contributed by atoms with van der Waals surface area (Å²) in [4.78, 5) is 24.8. The van der Waals surface area contributed by atoms with Crippen LogP contribution < -0.4 is 30.6 Å². The highest BCUT2D eigenvalue weighted by Gasteiger charge is 2.14. The fourth-order valence-corrected chi connectivity index (χ4v) is 5.89. The lowest BCUT2D eigenvalue weighted by Gasteiger charge is -2.16. The van der Waals surface area contributed by atoms with E-state index in [0.717, 1.165) is 33.3 Å². The Morgan fingerprint density at radius 1 is 0.873 bits per heavy atom. The molecule has 55 heavy (non-hydrogen) atoms. The maximum absolute atomic E-state index is 12.4. The monoisotopic (exact) mass is 745 g/mol. The van der Waals surface area contributed by atoms with Gasteiger partial charge in [0.2, 0.25) is 0 Å². The second kappa shape index (κ2) is 18.6. The van der Waals surface area contributed by atoms with Crippen LogP contribution in [-0.4, -0.2) is 68.9 Å². The minimum absolute atomic E-state index is 0.139. The number of carbonyl (C=O) groups excluding carboxylic acids is 1. The molecule has 1 amide bonds. The first-order valence-electron chi connectivity index (χ1n) is 17.9. The van der Waals surface area contributed by atoms with E-state index in [1.54, 1.807) is 25.3 Å². The number of aromatic nitrogens is 1. The number of ether oxygens (including phenoxy) is 5. The summed E-state index contributed by atoms with van der Waals surface area (Å²) in [5.74, 6) is 3.03. The molecule has 0 unspecified atom stereocenters.